The summed E-state index contributed by atoms with van der Waals surface area (Å²) in [4.78, 5) is 23.5. The minimum absolute atomic E-state index is 0.0855. The van der Waals surface area contributed by atoms with Crippen LogP contribution in [0.15, 0.2) is 36.7 Å². The molecule has 0 aliphatic carbocycles. The van der Waals surface area contributed by atoms with Gasteiger partial charge in [0, 0.05) is 19.3 Å². The molecule has 0 saturated carbocycles. The molecule has 2 rings (SSSR count). The first-order valence-electron chi connectivity index (χ1n) is 7.36. The van der Waals surface area contributed by atoms with Crippen LogP contribution in [-0.4, -0.2) is 41.9 Å². The Balaban J connectivity index is 1.92. The minimum atomic E-state index is -0.709. The Bertz CT molecular complexity index is 714. The second-order valence-electron chi connectivity index (χ2n) is 5.03. The van der Waals surface area contributed by atoms with E-state index < -0.39 is 6.10 Å². The second kappa shape index (κ2) is 8.00. The third-order valence-electron chi connectivity index (χ3n) is 3.21. The van der Waals surface area contributed by atoms with Crippen molar-refractivity contribution in [2.24, 2.45) is 0 Å². The lowest BCUT2D eigenvalue weighted by atomic mass is 10.3. The molecule has 2 aromatic rings. The van der Waals surface area contributed by atoms with Crippen molar-refractivity contribution in [2.75, 3.05) is 19.5 Å². The largest absolute Gasteiger partial charge is 0.497 e. The Kier molecular flexibility index (Phi) is 5.78. The van der Waals surface area contributed by atoms with Gasteiger partial charge in [-0.15, -0.1) is 0 Å². The molecule has 128 valence electrons. The number of ether oxygens (including phenoxy) is 2. The van der Waals surface area contributed by atoms with Gasteiger partial charge in [-0.3, -0.25) is 14.3 Å². The van der Waals surface area contributed by atoms with Gasteiger partial charge in [0.15, 0.2) is 6.10 Å². The highest BCUT2D eigenvalue weighted by Gasteiger charge is 2.16. The lowest BCUT2D eigenvalue weighted by Gasteiger charge is -2.14. The molecule has 1 aromatic carbocycles. The van der Waals surface area contributed by atoms with Gasteiger partial charge < -0.3 is 20.1 Å². The Hall–Kier alpha value is -3.03. The van der Waals surface area contributed by atoms with Crippen LogP contribution in [0.5, 0.6) is 11.5 Å². The van der Waals surface area contributed by atoms with E-state index in [9.17, 15) is 9.59 Å². The lowest BCUT2D eigenvalue weighted by Crippen LogP contribution is -2.30. The third kappa shape index (κ3) is 4.73. The predicted octanol–water partition coefficient (Wildman–Crippen LogP) is 1.04. The summed E-state index contributed by atoms with van der Waals surface area (Å²) >= 11 is 0. The molecule has 1 unspecified atom stereocenters. The van der Waals surface area contributed by atoms with E-state index in [1.165, 1.54) is 10.9 Å². The van der Waals surface area contributed by atoms with Gasteiger partial charge in [0.05, 0.1) is 19.0 Å². The number of amides is 2. The number of carbonyl (C=O) groups is 2. The van der Waals surface area contributed by atoms with Crippen LogP contribution in [0, 0.1) is 0 Å². The fourth-order valence-electron chi connectivity index (χ4n) is 1.92. The Morgan fingerprint density at radius 1 is 1.33 bits per heavy atom. The number of hydrogen-bond acceptors (Lipinski definition) is 5. The molecule has 1 atom stereocenters. The summed E-state index contributed by atoms with van der Waals surface area (Å²) in [6.45, 7) is 1.73. The number of hydrogen-bond donors (Lipinski definition) is 2. The van der Waals surface area contributed by atoms with Crippen molar-refractivity contribution in [1.82, 2.24) is 15.1 Å². The molecule has 0 saturated heterocycles. The molecule has 8 nitrogen and oxygen atoms in total. The zero-order chi connectivity index (χ0) is 17.5. The number of nitrogens with one attached hydrogen (secondary N) is 2. The normalized spacial score (nSPS) is 11.5. The number of anilines is 1. The van der Waals surface area contributed by atoms with Gasteiger partial charge in [0.1, 0.15) is 18.0 Å². The highest BCUT2D eigenvalue weighted by molar-refractivity contribution is 5.93. The highest BCUT2D eigenvalue weighted by atomic mass is 16.5. The van der Waals surface area contributed by atoms with E-state index in [2.05, 4.69) is 15.7 Å². The van der Waals surface area contributed by atoms with E-state index >= 15 is 0 Å². The van der Waals surface area contributed by atoms with Crippen LogP contribution in [0.3, 0.4) is 0 Å². The fraction of sp³-hybridized carbons (Fsp3) is 0.312. The number of aromatic nitrogens is 2. The number of likely N-dealkylation sites (N-methyl/N-ethyl adjacent to an activating group) is 1. The van der Waals surface area contributed by atoms with Crippen LogP contribution in [-0.2, 0) is 16.1 Å². The van der Waals surface area contributed by atoms with E-state index in [0.29, 0.717) is 17.2 Å². The standard InChI is InChI=1S/C16H20N4O4/c1-11(24-14-6-4-5-13(7-14)23-3)16(22)19-12-8-18-20(9-12)10-15(21)17-2/h4-9,11H,10H2,1-3H3,(H,17,21)(H,19,22). The Morgan fingerprint density at radius 3 is 2.79 bits per heavy atom. The zero-order valence-electron chi connectivity index (χ0n) is 13.8. The van der Waals surface area contributed by atoms with E-state index in [1.807, 2.05) is 0 Å². The Morgan fingerprint density at radius 2 is 2.08 bits per heavy atom. The summed E-state index contributed by atoms with van der Waals surface area (Å²) in [6.07, 6.45) is 2.34. The maximum atomic E-state index is 12.2. The van der Waals surface area contributed by atoms with Crippen LogP contribution in [0.2, 0.25) is 0 Å². The maximum absolute atomic E-state index is 12.2. The molecular formula is C16H20N4O4. The van der Waals surface area contributed by atoms with Crippen LogP contribution in [0.4, 0.5) is 5.69 Å². The molecule has 2 N–H and O–H groups in total. The fourth-order valence-corrected chi connectivity index (χ4v) is 1.92. The molecule has 8 heteroatoms. The van der Waals surface area contributed by atoms with Crippen LogP contribution in [0.25, 0.3) is 0 Å². The molecule has 2 amide bonds. The van der Waals surface area contributed by atoms with E-state index in [1.54, 1.807) is 51.5 Å². The average molecular weight is 332 g/mol. The van der Waals surface area contributed by atoms with Crippen LogP contribution >= 0.6 is 0 Å². The number of nitrogens with zero attached hydrogens (tertiary/aromatic N) is 2. The number of benzene rings is 1. The number of methoxy groups -OCH3 is 1. The molecule has 0 bridgehead atoms. The molecule has 0 aliphatic rings. The summed E-state index contributed by atoms with van der Waals surface area (Å²) in [6, 6.07) is 7.01. The van der Waals surface area contributed by atoms with E-state index in [-0.39, 0.29) is 18.4 Å². The van der Waals surface area contributed by atoms with Crippen LogP contribution in [0.1, 0.15) is 6.92 Å². The first-order valence-corrected chi connectivity index (χ1v) is 7.36. The van der Waals surface area contributed by atoms with Gasteiger partial charge in [-0.2, -0.15) is 5.10 Å². The molecule has 0 aliphatic heterocycles. The third-order valence-corrected chi connectivity index (χ3v) is 3.21. The van der Waals surface area contributed by atoms with Gasteiger partial charge in [0.25, 0.3) is 5.91 Å². The van der Waals surface area contributed by atoms with Crippen LogP contribution < -0.4 is 20.1 Å². The van der Waals surface area contributed by atoms with Crippen molar-refractivity contribution in [1.29, 1.82) is 0 Å². The van der Waals surface area contributed by atoms with Crippen molar-refractivity contribution in [2.45, 2.75) is 19.6 Å². The predicted molar refractivity (Wildman–Crippen MR) is 88.0 cm³/mol. The number of rotatable bonds is 7. The summed E-state index contributed by atoms with van der Waals surface area (Å²) in [5, 5.41) is 9.20. The van der Waals surface area contributed by atoms with Crippen molar-refractivity contribution in [3.8, 4) is 11.5 Å². The molecule has 0 radical (unpaired) electrons. The molecule has 24 heavy (non-hydrogen) atoms. The smallest absolute Gasteiger partial charge is 0.265 e. The summed E-state index contributed by atoms with van der Waals surface area (Å²) in [5.74, 6) is 0.686. The van der Waals surface area contributed by atoms with Gasteiger partial charge >= 0.3 is 0 Å². The van der Waals surface area contributed by atoms with Gasteiger partial charge in [-0.1, -0.05) is 6.07 Å². The zero-order valence-corrected chi connectivity index (χ0v) is 13.8. The molecular weight excluding hydrogens is 312 g/mol. The summed E-state index contributed by atoms with van der Waals surface area (Å²) in [7, 11) is 3.11. The molecule has 0 fully saturated rings. The van der Waals surface area contributed by atoms with Gasteiger partial charge in [0.2, 0.25) is 5.91 Å². The van der Waals surface area contributed by atoms with E-state index in [4.69, 9.17) is 9.47 Å². The molecule has 1 heterocycles. The second-order valence-corrected chi connectivity index (χ2v) is 5.03. The lowest BCUT2D eigenvalue weighted by molar-refractivity contribution is -0.122. The SMILES string of the molecule is CNC(=O)Cn1cc(NC(=O)C(C)Oc2cccc(OC)c2)cn1. The summed E-state index contributed by atoms with van der Waals surface area (Å²) in [5.41, 5.74) is 0.491. The first kappa shape index (κ1) is 17.3. The van der Waals surface area contributed by atoms with Gasteiger partial charge in [-0.05, 0) is 19.1 Å². The molecule has 1 aromatic heterocycles. The van der Waals surface area contributed by atoms with Crippen molar-refractivity contribution >= 4 is 17.5 Å². The topological polar surface area (TPSA) is 94.5 Å². The maximum Gasteiger partial charge on any atom is 0.265 e. The minimum Gasteiger partial charge on any atom is -0.497 e. The van der Waals surface area contributed by atoms with Crippen molar-refractivity contribution in [3.05, 3.63) is 36.7 Å². The average Bonchev–Trinajstić information content (AvgIpc) is 3.01. The Labute approximate surface area is 139 Å². The summed E-state index contributed by atoms with van der Waals surface area (Å²) < 4.78 is 12.1. The first-order chi connectivity index (χ1) is 11.5. The quantitative estimate of drug-likeness (QED) is 0.790. The highest BCUT2D eigenvalue weighted by Crippen LogP contribution is 2.20. The van der Waals surface area contributed by atoms with Gasteiger partial charge in [-0.25, -0.2) is 0 Å². The van der Waals surface area contributed by atoms with Crippen molar-refractivity contribution < 1.29 is 19.1 Å². The molecule has 0 spiro atoms. The van der Waals surface area contributed by atoms with E-state index in [0.717, 1.165) is 0 Å². The number of carbonyl (C=O) groups excluding carboxylic acids is 2. The van der Waals surface area contributed by atoms with Crippen molar-refractivity contribution in [3.63, 3.8) is 0 Å². The monoisotopic (exact) mass is 332 g/mol.